The summed E-state index contributed by atoms with van der Waals surface area (Å²) in [6.45, 7) is 0. The summed E-state index contributed by atoms with van der Waals surface area (Å²) < 4.78 is 5.85. The molecular weight excluding hydrogens is 408 g/mol. The number of ether oxygens (including phenoxy) is 1. The van der Waals surface area contributed by atoms with Crippen LogP contribution in [0.4, 0.5) is 0 Å². The highest BCUT2D eigenvalue weighted by molar-refractivity contribution is 6.16. The number of hydrogen-bond acceptors (Lipinski definition) is 9. The first-order valence-corrected chi connectivity index (χ1v) is 9.73. The molecule has 2 aromatic rings. The molecule has 4 rings (SSSR count). The largest absolute Gasteiger partial charge is 0.508 e. The van der Waals surface area contributed by atoms with Gasteiger partial charge in [-0.15, -0.1) is 0 Å². The lowest BCUT2D eigenvalue weighted by atomic mass is 9.84. The number of carbonyl (C=O) groups excluding carboxylic acids is 1. The van der Waals surface area contributed by atoms with Crippen molar-refractivity contribution in [2.75, 3.05) is 0 Å². The van der Waals surface area contributed by atoms with Gasteiger partial charge in [0.1, 0.15) is 29.8 Å². The lowest BCUT2D eigenvalue weighted by Crippen LogP contribution is -2.50. The number of rotatable bonds is 3. The number of fused-ring (bicyclic) bond motifs is 1. The monoisotopic (exact) mass is 430 g/mol. The summed E-state index contributed by atoms with van der Waals surface area (Å²) >= 11 is 0. The first-order chi connectivity index (χ1) is 14.7. The van der Waals surface area contributed by atoms with E-state index >= 15 is 0 Å². The molecule has 0 unspecified atom stereocenters. The van der Waals surface area contributed by atoms with E-state index in [4.69, 9.17) is 4.74 Å². The Morgan fingerprint density at radius 3 is 2.29 bits per heavy atom. The Morgan fingerprint density at radius 2 is 1.58 bits per heavy atom. The Bertz CT molecular complexity index is 1070. The minimum absolute atomic E-state index is 0.0383. The van der Waals surface area contributed by atoms with E-state index in [1.165, 1.54) is 24.3 Å². The van der Waals surface area contributed by atoms with Crippen molar-refractivity contribution in [2.24, 2.45) is 0 Å². The fourth-order valence-corrected chi connectivity index (χ4v) is 4.07. The average molecular weight is 430 g/mol. The van der Waals surface area contributed by atoms with Crippen molar-refractivity contribution in [3.8, 4) is 23.0 Å². The zero-order valence-corrected chi connectivity index (χ0v) is 16.3. The van der Waals surface area contributed by atoms with E-state index in [1.54, 1.807) is 0 Å². The molecule has 0 aliphatic heterocycles. The van der Waals surface area contributed by atoms with Crippen molar-refractivity contribution < 1.29 is 45.3 Å². The van der Waals surface area contributed by atoms with E-state index in [9.17, 15) is 40.5 Å². The van der Waals surface area contributed by atoms with Crippen molar-refractivity contribution in [1.82, 2.24) is 0 Å². The van der Waals surface area contributed by atoms with Gasteiger partial charge in [-0.1, -0.05) is 6.07 Å². The molecule has 0 amide bonds. The maximum absolute atomic E-state index is 13.3. The van der Waals surface area contributed by atoms with Crippen LogP contribution in [0.15, 0.2) is 36.1 Å². The molecule has 9 nitrogen and oxygen atoms in total. The summed E-state index contributed by atoms with van der Waals surface area (Å²) in [5.41, 5.74) is 0.908. The van der Waals surface area contributed by atoms with Gasteiger partial charge in [0.2, 0.25) is 5.78 Å². The van der Waals surface area contributed by atoms with Crippen LogP contribution in [0.3, 0.4) is 0 Å². The van der Waals surface area contributed by atoms with Crippen molar-refractivity contribution in [2.45, 2.75) is 43.7 Å². The first-order valence-electron chi connectivity index (χ1n) is 9.73. The van der Waals surface area contributed by atoms with Crippen LogP contribution in [-0.4, -0.2) is 65.9 Å². The number of aliphatic hydroxyl groups is 3. The minimum Gasteiger partial charge on any atom is -0.508 e. The van der Waals surface area contributed by atoms with Gasteiger partial charge in [-0.25, -0.2) is 0 Å². The second-order valence-corrected chi connectivity index (χ2v) is 7.80. The van der Waals surface area contributed by atoms with Gasteiger partial charge in [-0.2, -0.15) is 0 Å². The average Bonchev–Trinajstić information content (AvgIpc) is 2.71. The fraction of sp³-hybridized carbons (Fsp3) is 0.318. The Kier molecular flexibility index (Phi) is 5.26. The highest BCUT2D eigenvalue weighted by atomic mass is 16.5. The number of Topliss-reactive ketones (excluding diaryl/α,β-unsaturated/α-hetero) is 1. The summed E-state index contributed by atoms with van der Waals surface area (Å²) in [6.07, 6.45) is -4.67. The number of aliphatic hydroxyl groups excluding tert-OH is 3. The minimum atomic E-state index is -1.45. The van der Waals surface area contributed by atoms with E-state index < -0.39 is 41.7 Å². The zero-order valence-electron chi connectivity index (χ0n) is 16.3. The molecule has 0 bridgehead atoms. The Hall–Kier alpha value is -3.27. The maximum Gasteiger partial charge on any atom is 0.231 e. The normalized spacial score (nSPS) is 26.0. The fourth-order valence-electron chi connectivity index (χ4n) is 4.07. The lowest BCUT2D eigenvalue weighted by molar-refractivity contribution is -0.140. The molecule has 2 aliphatic carbocycles. The second-order valence-electron chi connectivity index (χ2n) is 7.80. The highest BCUT2D eigenvalue weighted by Gasteiger charge is 2.40. The third-order valence-electron chi connectivity index (χ3n) is 5.72. The third-order valence-corrected chi connectivity index (χ3v) is 5.72. The van der Waals surface area contributed by atoms with Crippen LogP contribution in [0.25, 0.3) is 5.57 Å². The van der Waals surface area contributed by atoms with Crippen molar-refractivity contribution in [1.29, 1.82) is 0 Å². The van der Waals surface area contributed by atoms with Crippen LogP contribution in [0.1, 0.15) is 34.3 Å². The molecule has 1 fully saturated rings. The number of carbonyl (C=O) groups is 1. The number of ketones is 1. The van der Waals surface area contributed by atoms with Crippen LogP contribution in [0.2, 0.25) is 0 Å². The highest BCUT2D eigenvalue weighted by Crippen LogP contribution is 2.41. The van der Waals surface area contributed by atoms with Crippen LogP contribution in [0, 0.1) is 0 Å². The molecule has 164 valence electrons. The van der Waals surface area contributed by atoms with Crippen molar-refractivity contribution >= 4 is 11.4 Å². The molecule has 2 aliphatic rings. The molecule has 2 aromatic carbocycles. The topological polar surface area (TPSA) is 168 Å². The van der Waals surface area contributed by atoms with E-state index in [2.05, 4.69) is 0 Å². The van der Waals surface area contributed by atoms with E-state index in [-0.39, 0.29) is 42.1 Å². The standard InChI is InChI=1S/C22H22O9/c23-11-5-10-6-12(9-1-2-13(24)15(26)7-9)22(21(30)18(10)16(27)8-11)31-17-4-3-14(25)19(28)20(17)29/h1-2,5,7-8,14,17,19-20,23-29H,3-4,6H2/t14-,17-,19+,20+/m1/s1. The Labute approximate surface area is 176 Å². The Balaban J connectivity index is 1.82. The number of benzene rings is 2. The van der Waals surface area contributed by atoms with Crippen LogP contribution in [-0.2, 0) is 11.2 Å². The van der Waals surface area contributed by atoms with Crippen LogP contribution >= 0.6 is 0 Å². The molecule has 0 radical (unpaired) electrons. The number of hydrogen-bond donors (Lipinski definition) is 7. The molecule has 0 spiro atoms. The van der Waals surface area contributed by atoms with E-state index in [0.717, 1.165) is 6.07 Å². The van der Waals surface area contributed by atoms with Gasteiger partial charge in [0.25, 0.3) is 0 Å². The molecule has 0 heterocycles. The zero-order chi connectivity index (χ0) is 22.4. The number of phenolic OH excluding ortho intramolecular Hbond substituents is 4. The van der Waals surface area contributed by atoms with E-state index in [0.29, 0.717) is 16.7 Å². The molecule has 31 heavy (non-hydrogen) atoms. The lowest BCUT2D eigenvalue weighted by Gasteiger charge is -2.36. The van der Waals surface area contributed by atoms with Gasteiger partial charge in [0.15, 0.2) is 17.3 Å². The Morgan fingerprint density at radius 1 is 0.839 bits per heavy atom. The quantitative estimate of drug-likeness (QED) is 0.350. The maximum atomic E-state index is 13.3. The third kappa shape index (κ3) is 3.67. The van der Waals surface area contributed by atoms with Gasteiger partial charge in [0.05, 0.1) is 11.7 Å². The molecule has 9 heteroatoms. The molecular formula is C22H22O9. The number of aromatic hydroxyl groups is 4. The summed E-state index contributed by atoms with van der Waals surface area (Å²) in [6, 6.07) is 6.31. The van der Waals surface area contributed by atoms with Crippen LogP contribution in [0.5, 0.6) is 23.0 Å². The van der Waals surface area contributed by atoms with Crippen molar-refractivity contribution in [3.05, 3.63) is 52.8 Å². The van der Waals surface area contributed by atoms with Crippen molar-refractivity contribution in [3.63, 3.8) is 0 Å². The summed E-state index contributed by atoms with van der Waals surface area (Å²) in [5.74, 6) is -2.35. The second kappa shape index (κ2) is 7.77. The molecule has 4 atom stereocenters. The predicted octanol–water partition coefficient (Wildman–Crippen LogP) is 0.921. The van der Waals surface area contributed by atoms with Crippen LogP contribution < -0.4 is 0 Å². The van der Waals surface area contributed by atoms with E-state index in [1.807, 2.05) is 0 Å². The van der Waals surface area contributed by atoms with Gasteiger partial charge < -0.3 is 40.5 Å². The molecule has 0 saturated heterocycles. The summed E-state index contributed by atoms with van der Waals surface area (Å²) in [5, 5.41) is 69.7. The van der Waals surface area contributed by atoms with Gasteiger partial charge in [0, 0.05) is 18.1 Å². The number of allylic oxidation sites excluding steroid dienone is 2. The predicted molar refractivity (Wildman–Crippen MR) is 107 cm³/mol. The summed E-state index contributed by atoms with van der Waals surface area (Å²) in [4.78, 5) is 13.3. The molecule has 7 N–H and O–H groups in total. The van der Waals surface area contributed by atoms with Gasteiger partial charge >= 0.3 is 0 Å². The molecule has 1 saturated carbocycles. The SMILES string of the molecule is O=C1C(O[C@@H]2CC[C@@H](O)[C@H](O)[C@H]2O)=C(c2ccc(O)c(O)c2)Cc2cc(O)cc(O)c21. The van der Waals surface area contributed by atoms with Gasteiger partial charge in [-0.3, -0.25) is 4.79 Å². The molecule has 0 aromatic heterocycles. The summed E-state index contributed by atoms with van der Waals surface area (Å²) in [7, 11) is 0. The first kappa shape index (κ1) is 21.0. The number of phenols is 4. The smallest absolute Gasteiger partial charge is 0.231 e. The van der Waals surface area contributed by atoms with Gasteiger partial charge in [-0.05, 0) is 42.2 Å².